The van der Waals surface area contributed by atoms with Crippen molar-refractivity contribution in [3.05, 3.63) is 23.8 Å². The number of hydrogen-bond donors (Lipinski definition) is 2. The number of nitrogen functional groups attached to an aromatic ring is 1. The number of anilines is 1. The molecular formula is C14H19N3O3. The maximum atomic E-state index is 12.6. The fourth-order valence-electron chi connectivity index (χ4n) is 2.53. The van der Waals surface area contributed by atoms with Gasteiger partial charge < -0.3 is 21.1 Å². The molecule has 0 radical (unpaired) electrons. The maximum absolute atomic E-state index is 12.6. The Bertz CT molecular complexity index is 530. The summed E-state index contributed by atoms with van der Waals surface area (Å²) < 4.78 is 5.11. The van der Waals surface area contributed by atoms with Gasteiger partial charge in [-0.25, -0.2) is 0 Å². The third-order valence-corrected chi connectivity index (χ3v) is 3.61. The second kappa shape index (κ2) is 5.81. The van der Waals surface area contributed by atoms with E-state index in [0.717, 1.165) is 12.8 Å². The highest BCUT2D eigenvalue weighted by molar-refractivity contribution is 6.02. The molecule has 108 valence electrons. The van der Waals surface area contributed by atoms with Crippen LogP contribution in [0.15, 0.2) is 18.2 Å². The number of hydrogen-bond acceptors (Lipinski definition) is 4. The minimum atomic E-state index is -0.554. The lowest BCUT2D eigenvalue weighted by atomic mass is 10.00. The fourth-order valence-corrected chi connectivity index (χ4v) is 2.53. The van der Waals surface area contributed by atoms with E-state index >= 15 is 0 Å². The van der Waals surface area contributed by atoms with Gasteiger partial charge in [0.15, 0.2) is 0 Å². The fraction of sp³-hybridized carbons (Fsp3) is 0.429. The van der Waals surface area contributed by atoms with Crippen molar-refractivity contribution in [2.75, 3.05) is 19.4 Å². The lowest BCUT2D eigenvalue weighted by molar-refractivity contribution is -0.123. The van der Waals surface area contributed by atoms with Crippen LogP contribution in [0.1, 0.15) is 29.6 Å². The van der Waals surface area contributed by atoms with E-state index in [1.54, 1.807) is 18.2 Å². The first-order valence-electron chi connectivity index (χ1n) is 6.59. The Balaban J connectivity index is 2.32. The summed E-state index contributed by atoms with van der Waals surface area (Å²) in [5.74, 6) is -0.298. The van der Waals surface area contributed by atoms with Gasteiger partial charge in [-0.1, -0.05) is 6.07 Å². The molecule has 1 fully saturated rings. The zero-order chi connectivity index (χ0) is 14.7. The van der Waals surface area contributed by atoms with Crippen LogP contribution in [0, 0.1) is 0 Å². The average molecular weight is 277 g/mol. The van der Waals surface area contributed by atoms with Gasteiger partial charge in [0.1, 0.15) is 11.8 Å². The van der Waals surface area contributed by atoms with Crippen molar-refractivity contribution >= 4 is 17.5 Å². The standard InChI is InChI=1S/C14H19N3O3/c1-20-11-7-4-5-9(12(11)15)14(19)17-8-3-2-6-10(17)13(16)18/h4-5,7,10H,2-3,6,8,15H2,1H3,(H2,16,18). The average Bonchev–Trinajstić information content (AvgIpc) is 2.46. The van der Waals surface area contributed by atoms with Crippen LogP contribution in [0.2, 0.25) is 0 Å². The number of amides is 2. The third kappa shape index (κ3) is 2.54. The van der Waals surface area contributed by atoms with Crippen molar-refractivity contribution in [1.29, 1.82) is 0 Å². The Morgan fingerprint density at radius 1 is 1.35 bits per heavy atom. The molecule has 1 saturated heterocycles. The van der Waals surface area contributed by atoms with Crippen molar-refractivity contribution in [1.82, 2.24) is 4.90 Å². The number of primary amides is 1. The van der Waals surface area contributed by atoms with Crippen LogP contribution in [0.3, 0.4) is 0 Å². The number of ether oxygens (including phenoxy) is 1. The number of methoxy groups -OCH3 is 1. The predicted molar refractivity (Wildman–Crippen MR) is 75.3 cm³/mol. The summed E-state index contributed by atoms with van der Waals surface area (Å²) in [7, 11) is 1.49. The van der Waals surface area contributed by atoms with Crippen molar-refractivity contribution in [3.8, 4) is 5.75 Å². The Hall–Kier alpha value is -2.24. The lowest BCUT2D eigenvalue weighted by Gasteiger charge is -2.34. The predicted octanol–water partition coefficient (Wildman–Crippen LogP) is 0.757. The highest BCUT2D eigenvalue weighted by Crippen LogP contribution is 2.28. The van der Waals surface area contributed by atoms with Gasteiger partial charge in [0.2, 0.25) is 5.91 Å². The molecule has 1 heterocycles. The summed E-state index contributed by atoms with van der Waals surface area (Å²) in [6, 6.07) is 4.47. The molecule has 6 heteroatoms. The number of para-hydroxylation sites is 1. The van der Waals surface area contributed by atoms with E-state index < -0.39 is 11.9 Å². The molecule has 1 aromatic carbocycles. The summed E-state index contributed by atoms with van der Waals surface area (Å²) in [5.41, 5.74) is 11.9. The molecule has 4 N–H and O–H groups in total. The van der Waals surface area contributed by atoms with Crippen LogP contribution in [0.5, 0.6) is 5.75 Å². The number of benzene rings is 1. The van der Waals surface area contributed by atoms with Crippen LogP contribution in [-0.4, -0.2) is 36.4 Å². The number of nitrogens with zero attached hydrogens (tertiary/aromatic N) is 1. The topological polar surface area (TPSA) is 98.6 Å². The van der Waals surface area contributed by atoms with Crippen molar-refractivity contribution < 1.29 is 14.3 Å². The molecule has 20 heavy (non-hydrogen) atoms. The smallest absolute Gasteiger partial charge is 0.256 e. The lowest BCUT2D eigenvalue weighted by Crippen LogP contribution is -2.50. The number of rotatable bonds is 3. The zero-order valence-electron chi connectivity index (χ0n) is 11.5. The van der Waals surface area contributed by atoms with Crippen LogP contribution in [0.25, 0.3) is 0 Å². The molecular weight excluding hydrogens is 258 g/mol. The second-order valence-corrected chi connectivity index (χ2v) is 4.83. The van der Waals surface area contributed by atoms with E-state index in [-0.39, 0.29) is 11.6 Å². The minimum absolute atomic E-state index is 0.273. The Morgan fingerprint density at radius 2 is 2.10 bits per heavy atom. The van der Waals surface area contributed by atoms with Crippen molar-refractivity contribution in [2.45, 2.75) is 25.3 Å². The van der Waals surface area contributed by atoms with E-state index in [4.69, 9.17) is 16.2 Å². The first kappa shape index (κ1) is 14.2. The van der Waals surface area contributed by atoms with Gasteiger partial charge in [-0.05, 0) is 31.4 Å². The molecule has 0 aromatic heterocycles. The van der Waals surface area contributed by atoms with Crippen molar-refractivity contribution in [2.24, 2.45) is 5.73 Å². The third-order valence-electron chi connectivity index (χ3n) is 3.61. The van der Waals surface area contributed by atoms with Crippen LogP contribution in [0.4, 0.5) is 5.69 Å². The minimum Gasteiger partial charge on any atom is -0.495 e. The molecule has 6 nitrogen and oxygen atoms in total. The Kier molecular flexibility index (Phi) is 4.12. The largest absolute Gasteiger partial charge is 0.495 e. The van der Waals surface area contributed by atoms with Gasteiger partial charge >= 0.3 is 0 Å². The van der Waals surface area contributed by atoms with E-state index in [9.17, 15) is 9.59 Å². The molecule has 2 amide bonds. The molecule has 1 aromatic rings. The first-order valence-corrected chi connectivity index (χ1v) is 6.59. The Morgan fingerprint density at radius 3 is 2.75 bits per heavy atom. The summed E-state index contributed by atoms with van der Waals surface area (Å²) in [5, 5.41) is 0. The molecule has 1 aliphatic heterocycles. The molecule has 0 spiro atoms. The summed E-state index contributed by atoms with van der Waals surface area (Å²) in [4.78, 5) is 25.6. The second-order valence-electron chi connectivity index (χ2n) is 4.83. The van der Waals surface area contributed by atoms with Gasteiger partial charge in [0.25, 0.3) is 5.91 Å². The van der Waals surface area contributed by atoms with Gasteiger partial charge in [-0.15, -0.1) is 0 Å². The highest BCUT2D eigenvalue weighted by atomic mass is 16.5. The molecule has 1 atom stereocenters. The SMILES string of the molecule is COc1cccc(C(=O)N2CCCCC2C(N)=O)c1N. The molecule has 1 aliphatic rings. The molecule has 0 aliphatic carbocycles. The van der Waals surface area contributed by atoms with Gasteiger partial charge in [0.05, 0.1) is 18.4 Å². The number of nitrogens with two attached hydrogens (primary N) is 2. The number of carbonyl (C=O) groups excluding carboxylic acids is 2. The molecule has 0 bridgehead atoms. The zero-order valence-corrected chi connectivity index (χ0v) is 11.5. The van der Waals surface area contributed by atoms with Crippen molar-refractivity contribution in [3.63, 3.8) is 0 Å². The van der Waals surface area contributed by atoms with Gasteiger partial charge in [-0.3, -0.25) is 9.59 Å². The highest BCUT2D eigenvalue weighted by Gasteiger charge is 2.32. The molecule has 0 saturated carbocycles. The summed E-state index contributed by atoms with van der Waals surface area (Å²) in [6.45, 7) is 0.517. The Labute approximate surface area is 117 Å². The normalized spacial score (nSPS) is 18.6. The van der Waals surface area contributed by atoms with Crippen LogP contribution in [-0.2, 0) is 4.79 Å². The number of likely N-dealkylation sites (tertiary alicyclic amines) is 1. The first-order chi connectivity index (χ1) is 9.56. The number of piperidine rings is 1. The summed E-state index contributed by atoms with van der Waals surface area (Å²) in [6.07, 6.45) is 2.36. The van der Waals surface area contributed by atoms with E-state index in [0.29, 0.717) is 24.3 Å². The number of carbonyl (C=O) groups is 2. The van der Waals surface area contributed by atoms with E-state index in [2.05, 4.69) is 0 Å². The monoisotopic (exact) mass is 277 g/mol. The molecule has 1 unspecified atom stereocenters. The van der Waals surface area contributed by atoms with Crippen LogP contribution < -0.4 is 16.2 Å². The maximum Gasteiger partial charge on any atom is 0.256 e. The van der Waals surface area contributed by atoms with Crippen LogP contribution >= 0.6 is 0 Å². The van der Waals surface area contributed by atoms with E-state index in [1.807, 2.05) is 0 Å². The molecule has 2 rings (SSSR count). The van der Waals surface area contributed by atoms with E-state index in [1.165, 1.54) is 12.0 Å². The van der Waals surface area contributed by atoms with Gasteiger partial charge in [0, 0.05) is 6.54 Å². The quantitative estimate of drug-likeness (QED) is 0.797. The summed E-state index contributed by atoms with van der Waals surface area (Å²) >= 11 is 0. The van der Waals surface area contributed by atoms with Gasteiger partial charge in [-0.2, -0.15) is 0 Å².